The molecule has 0 radical (unpaired) electrons. The van der Waals surface area contributed by atoms with Gasteiger partial charge in [-0.3, -0.25) is 13.9 Å². The standard InChI is InChI=1S/C22H27BrClN3O4S/c1-4-19(22(29)25-5-2)26(14-16-10-12-17(24)13-11-16)21(28)15-27(32(3,30)31)20-9-7-6-8-18(20)23/h6-13,19H,4-5,14-15H2,1-3H3,(H,25,29)/t19-/m1/s1. The number of halogens is 2. The van der Waals surface area contributed by atoms with Crippen molar-refractivity contribution in [2.24, 2.45) is 0 Å². The molecule has 0 aliphatic heterocycles. The third kappa shape index (κ3) is 6.95. The van der Waals surface area contributed by atoms with Crippen molar-refractivity contribution in [3.8, 4) is 0 Å². The lowest BCUT2D eigenvalue weighted by Gasteiger charge is -2.33. The summed E-state index contributed by atoms with van der Waals surface area (Å²) in [6.45, 7) is 3.73. The predicted molar refractivity (Wildman–Crippen MR) is 131 cm³/mol. The van der Waals surface area contributed by atoms with E-state index in [9.17, 15) is 18.0 Å². The molecule has 174 valence electrons. The zero-order chi connectivity index (χ0) is 23.9. The number of nitrogens with one attached hydrogen (secondary N) is 1. The zero-order valence-corrected chi connectivity index (χ0v) is 21.4. The minimum atomic E-state index is -3.77. The van der Waals surface area contributed by atoms with Crippen molar-refractivity contribution in [2.45, 2.75) is 32.9 Å². The summed E-state index contributed by atoms with van der Waals surface area (Å²) in [5.41, 5.74) is 1.12. The van der Waals surface area contributed by atoms with Crippen molar-refractivity contribution in [1.82, 2.24) is 10.2 Å². The van der Waals surface area contributed by atoms with Gasteiger partial charge < -0.3 is 10.2 Å². The van der Waals surface area contributed by atoms with Crippen molar-refractivity contribution in [3.63, 3.8) is 0 Å². The smallest absolute Gasteiger partial charge is 0.244 e. The Hall–Kier alpha value is -2.10. The van der Waals surface area contributed by atoms with Gasteiger partial charge in [0.15, 0.2) is 0 Å². The second-order valence-electron chi connectivity index (χ2n) is 7.19. The summed E-state index contributed by atoms with van der Waals surface area (Å²) in [5.74, 6) is -0.775. The highest BCUT2D eigenvalue weighted by atomic mass is 79.9. The van der Waals surface area contributed by atoms with Crippen LogP contribution in [0.1, 0.15) is 25.8 Å². The van der Waals surface area contributed by atoms with Crippen LogP contribution < -0.4 is 9.62 Å². The quantitative estimate of drug-likeness (QED) is 0.493. The second-order valence-corrected chi connectivity index (χ2v) is 10.4. The van der Waals surface area contributed by atoms with Crippen LogP contribution in [0.2, 0.25) is 5.02 Å². The molecule has 0 unspecified atom stereocenters. The first-order valence-corrected chi connectivity index (χ1v) is 13.1. The Kier molecular flexibility index (Phi) is 9.54. The topological polar surface area (TPSA) is 86.8 Å². The molecule has 10 heteroatoms. The molecule has 2 aromatic rings. The van der Waals surface area contributed by atoms with Gasteiger partial charge in [-0.2, -0.15) is 0 Å². The van der Waals surface area contributed by atoms with E-state index in [0.717, 1.165) is 16.1 Å². The first-order chi connectivity index (χ1) is 15.1. The fraction of sp³-hybridized carbons (Fsp3) is 0.364. The van der Waals surface area contributed by atoms with Crippen molar-refractivity contribution < 1.29 is 18.0 Å². The Morgan fingerprint density at radius 3 is 2.25 bits per heavy atom. The molecule has 0 aliphatic rings. The summed E-state index contributed by atoms with van der Waals surface area (Å²) in [7, 11) is -3.77. The van der Waals surface area contributed by atoms with E-state index in [2.05, 4.69) is 21.2 Å². The number of sulfonamides is 1. The van der Waals surface area contributed by atoms with E-state index in [1.165, 1.54) is 4.90 Å². The van der Waals surface area contributed by atoms with E-state index in [1.807, 2.05) is 6.92 Å². The molecule has 0 fully saturated rings. The van der Waals surface area contributed by atoms with Gasteiger partial charge in [0.05, 0.1) is 11.9 Å². The molecule has 2 rings (SSSR count). The van der Waals surface area contributed by atoms with Crippen LogP contribution in [0.4, 0.5) is 5.69 Å². The van der Waals surface area contributed by atoms with Crippen molar-refractivity contribution in [3.05, 3.63) is 63.6 Å². The van der Waals surface area contributed by atoms with Crippen LogP contribution in [0.3, 0.4) is 0 Å². The maximum atomic E-state index is 13.5. The van der Waals surface area contributed by atoms with Crippen LogP contribution in [0.25, 0.3) is 0 Å². The summed E-state index contributed by atoms with van der Waals surface area (Å²) in [5, 5.41) is 3.31. The van der Waals surface area contributed by atoms with Gasteiger partial charge in [-0.1, -0.05) is 42.8 Å². The maximum absolute atomic E-state index is 13.5. The normalized spacial score (nSPS) is 12.2. The number of nitrogens with zero attached hydrogens (tertiary/aromatic N) is 2. The molecule has 0 saturated heterocycles. The van der Waals surface area contributed by atoms with Gasteiger partial charge in [-0.25, -0.2) is 8.42 Å². The minimum absolute atomic E-state index is 0.138. The molecule has 0 aliphatic carbocycles. The summed E-state index contributed by atoms with van der Waals surface area (Å²) in [6, 6.07) is 13.0. The molecule has 0 saturated carbocycles. The molecule has 1 N–H and O–H groups in total. The molecule has 2 amide bonds. The number of rotatable bonds is 10. The lowest BCUT2D eigenvalue weighted by Crippen LogP contribution is -2.52. The van der Waals surface area contributed by atoms with Crippen molar-refractivity contribution in [2.75, 3.05) is 23.7 Å². The van der Waals surface area contributed by atoms with E-state index >= 15 is 0 Å². The molecule has 2 aromatic carbocycles. The first kappa shape index (κ1) is 26.2. The Morgan fingerprint density at radius 1 is 1.09 bits per heavy atom. The van der Waals surface area contributed by atoms with E-state index in [1.54, 1.807) is 55.5 Å². The number of anilines is 1. The summed E-state index contributed by atoms with van der Waals surface area (Å²) in [4.78, 5) is 27.6. The van der Waals surface area contributed by atoms with Gasteiger partial charge in [0.25, 0.3) is 0 Å². The maximum Gasteiger partial charge on any atom is 0.244 e. The Balaban J connectivity index is 2.43. The Labute approximate surface area is 202 Å². The molecule has 0 spiro atoms. The molecule has 0 bridgehead atoms. The predicted octanol–water partition coefficient (Wildman–Crippen LogP) is 3.81. The number of carbonyl (C=O) groups is 2. The summed E-state index contributed by atoms with van der Waals surface area (Å²) < 4.78 is 26.7. The molecule has 1 atom stereocenters. The van der Waals surface area contributed by atoms with E-state index in [0.29, 0.717) is 28.1 Å². The first-order valence-electron chi connectivity index (χ1n) is 10.1. The van der Waals surface area contributed by atoms with Gasteiger partial charge in [0.2, 0.25) is 21.8 Å². The fourth-order valence-electron chi connectivity index (χ4n) is 3.25. The lowest BCUT2D eigenvalue weighted by molar-refractivity contribution is -0.140. The monoisotopic (exact) mass is 543 g/mol. The Bertz CT molecular complexity index is 1050. The van der Waals surface area contributed by atoms with Gasteiger partial charge in [-0.05, 0) is 59.1 Å². The van der Waals surface area contributed by atoms with Gasteiger partial charge >= 0.3 is 0 Å². The highest BCUT2D eigenvalue weighted by Gasteiger charge is 2.31. The summed E-state index contributed by atoms with van der Waals surface area (Å²) >= 11 is 9.33. The molecule has 7 nitrogen and oxygen atoms in total. The number of likely N-dealkylation sites (N-methyl/N-ethyl adjacent to an activating group) is 1. The average molecular weight is 545 g/mol. The SMILES string of the molecule is CCNC(=O)[C@@H](CC)N(Cc1ccc(Cl)cc1)C(=O)CN(c1ccccc1Br)S(C)(=O)=O. The van der Waals surface area contributed by atoms with E-state index in [4.69, 9.17) is 11.6 Å². The zero-order valence-electron chi connectivity index (χ0n) is 18.2. The molecule has 32 heavy (non-hydrogen) atoms. The molecule has 0 heterocycles. The highest BCUT2D eigenvalue weighted by Crippen LogP contribution is 2.28. The molecular weight excluding hydrogens is 518 g/mol. The average Bonchev–Trinajstić information content (AvgIpc) is 2.73. The van der Waals surface area contributed by atoms with Crippen LogP contribution in [-0.2, 0) is 26.2 Å². The van der Waals surface area contributed by atoms with Crippen LogP contribution in [0.15, 0.2) is 53.0 Å². The van der Waals surface area contributed by atoms with Gasteiger partial charge in [0, 0.05) is 22.6 Å². The third-order valence-corrected chi connectivity index (χ3v) is 6.85. The fourth-order valence-corrected chi connectivity index (χ4v) is 4.85. The number of hydrogen-bond acceptors (Lipinski definition) is 4. The third-order valence-electron chi connectivity index (χ3n) is 4.80. The van der Waals surface area contributed by atoms with Crippen molar-refractivity contribution >= 4 is 55.1 Å². The summed E-state index contributed by atoms with van der Waals surface area (Å²) in [6.07, 6.45) is 1.42. The van der Waals surface area contributed by atoms with E-state index in [-0.39, 0.29) is 12.5 Å². The number of para-hydroxylation sites is 1. The second kappa shape index (κ2) is 11.7. The van der Waals surface area contributed by atoms with E-state index < -0.39 is 28.5 Å². The van der Waals surface area contributed by atoms with Crippen LogP contribution >= 0.6 is 27.5 Å². The number of amides is 2. The van der Waals surface area contributed by atoms with Gasteiger partial charge in [-0.15, -0.1) is 0 Å². The molecule has 0 aromatic heterocycles. The number of hydrogen-bond donors (Lipinski definition) is 1. The number of benzene rings is 2. The molecular formula is C22H27BrClN3O4S. The van der Waals surface area contributed by atoms with Crippen LogP contribution in [-0.4, -0.2) is 50.5 Å². The minimum Gasteiger partial charge on any atom is -0.355 e. The highest BCUT2D eigenvalue weighted by molar-refractivity contribution is 9.10. The lowest BCUT2D eigenvalue weighted by atomic mass is 10.1. The van der Waals surface area contributed by atoms with Crippen LogP contribution in [0.5, 0.6) is 0 Å². The van der Waals surface area contributed by atoms with Crippen LogP contribution in [0, 0.1) is 0 Å². The van der Waals surface area contributed by atoms with Crippen molar-refractivity contribution in [1.29, 1.82) is 0 Å². The number of carbonyl (C=O) groups excluding carboxylic acids is 2. The Morgan fingerprint density at radius 2 is 1.72 bits per heavy atom. The largest absolute Gasteiger partial charge is 0.355 e. The van der Waals surface area contributed by atoms with Gasteiger partial charge in [0.1, 0.15) is 12.6 Å².